The molecule has 1 heterocycles. The topological polar surface area (TPSA) is 52.0 Å². The molecule has 0 aliphatic heterocycles. The number of rotatable bonds is 3. The Balaban J connectivity index is 2.52. The van der Waals surface area contributed by atoms with Crippen molar-refractivity contribution < 1.29 is 8.42 Å². The molecule has 0 aliphatic carbocycles. The van der Waals surface area contributed by atoms with Gasteiger partial charge in [0.25, 0.3) is 0 Å². The summed E-state index contributed by atoms with van der Waals surface area (Å²) in [4.78, 5) is 0.207. The molecule has 0 spiro atoms. The summed E-state index contributed by atoms with van der Waals surface area (Å²) in [6, 6.07) is 5.78. The van der Waals surface area contributed by atoms with Gasteiger partial charge < -0.3 is 0 Å². The van der Waals surface area contributed by atoms with Crippen LogP contribution in [0.3, 0.4) is 0 Å². The maximum atomic E-state index is 11.4. The molecule has 4 nitrogen and oxygen atoms in total. The summed E-state index contributed by atoms with van der Waals surface area (Å²) in [5, 5.41) is 4.08. The predicted molar refractivity (Wildman–Crippen MR) is 71.0 cm³/mol. The highest BCUT2D eigenvalue weighted by Gasteiger charge is 2.11. The lowest BCUT2D eigenvalue weighted by Crippen LogP contribution is -1.99. The standard InChI is InChI=1S/C12H13ClN2O2S/c1-9-3-4-10(6-13)5-12(9)15-8-11(7-14-15)18(2,16)17/h3-5,7-8H,6H2,1-2H3. The number of nitrogens with zero attached hydrogens (tertiary/aromatic N) is 2. The van der Waals surface area contributed by atoms with E-state index in [0.717, 1.165) is 23.1 Å². The van der Waals surface area contributed by atoms with E-state index >= 15 is 0 Å². The SMILES string of the molecule is Cc1ccc(CCl)cc1-n1cc(S(C)(=O)=O)cn1. The van der Waals surface area contributed by atoms with Crippen molar-refractivity contribution in [2.75, 3.05) is 6.26 Å². The monoisotopic (exact) mass is 284 g/mol. The lowest BCUT2D eigenvalue weighted by molar-refractivity contribution is 0.602. The zero-order chi connectivity index (χ0) is 13.3. The zero-order valence-electron chi connectivity index (χ0n) is 10.1. The Labute approximate surface area is 111 Å². The van der Waals surface area contributed by atoms with Gasteiger partial charge in [-0.2, -0.15) is 5.10 Å². The molecule has 0 fully saturated rings. The van der Waals surface area contributed by atoms with Crippen molar-refractivity contribution in [3.8, 4) is 5.69 Å². The maximum absolute atomic E-state index is 11.4. The van der Waals surface area contributed by atoms with Crippen LogP contribution in [0, 0.1) is 6.92 Å². The van der Waals surface area contributed by atoms with Gasteiger partial charge in [0.2, 0.25) is 0 Å². The maximum Gasteiger partial charge on any atom is 0.178 e. The van der Waals surface area contributed by atoms with Crippen LogP contribution < -0.4 is 0 Å². The molecule has 0 saturated heterocycles. The van der Waals surface area contributed by atoms with E-state index in [-0.39, 0.29) is 4.90 Å². The molecule has 6 heteroatoms. The molecular weight excluding hydrogens is 272 g/mol. The molecule has 0 amide bonds. The van der Waals surface area contributed by atoms with Crippen LogP contribution in [0.2, 0.25) is 0 Å². The van der Waals surface area contributed by atoms with E-state index in [0.29, 0.717) is 5.88 Å². The third-order valence-electron chi connectivity index (χ3n) is 2.66. The van der Waals surface area contributed by atoms with E-state index in [2.05, 4.69) is 5.10 Å². The second-order valence-corrected chi connectivity index (χ2v) is 6.43. The Hall–Kier alpha value is -1.33. The van der Waals surface area contributed by atoms with E-state index in [9.17, 15) is 8.42 Å². The highest BCUT2D eigenvalue weighted by molar-refractivity contribution is 7.90. The first-order valence-corrected chi connectivity index (χ1v) is 7.75. The van der Waals surface area contributed by atoms with Crippen molar-refractivity contribution in [1.29, 1.82) is 0 Å². The lowest BCUT2D eigenvalue weighted by atomic mass is 10.1. The molecule has 2 rings (SSSR count). The van der Waals surface area contributed by atoms with Gasteiger partial charge in [0.05, 0.1) is 11.9 Å². The van der Waals surface area contributed by atoms with E-state index in [1.165, 1.54) is 12.4 Å². The molecule has 0 bridgehead atoms. The number of aryl methyl sites for hydroxylation is 1. The third-order valence-corrected chi connectivity index (χ3v) is 4.04. The van der Waals surface area contributed by atoms with E-state index < -0.39 is 9.84 Å². The lowest BCUT2D eigenvalue weighted by Gasteiger charge is -2.07. The number of alkyl halides is 1. The largest absolute Gasteiger partial charge is 0.239 e. The Kier molecular flexibility index (Phi) is 3.45. The highest BCUT2D eigenvalue weighted by Crippen LogP contribution is 2.18. The summed E-state index contributed by atoms with van der Waals surface area (Å²) in [6.07, 6.45) is 4.02. The molecular formula is C12H13ClN2O2S. The van der Waals surface area contributed by atoms with Crippen molar-refractivity contribution in [2.45, 2.75) is 17.7 Å². The first-order chi connectivity index (χ1) is 8.41. The summed E-state index contributed by atoms with van der Waals surface area (Å²) >= 11 is 5.79. The number of benzene rings is 1. The average molecular weight is 285 g/mol. The molecule has 2 aromatic rings. The molecule has 1 aromatic carbocycles. The van der Waals surface area contributed by atoms with Crippen LogP contribution in [0.5, 0.6) is 0 Å². The van der Waals surface area contributed by atoms with Crippen molar-refractivity contribution in [3.63, 3.8) is 0 Å². The van der Waals surface area contributed by atoms with Crippen LogP contribution in [0.15, 0.2) is 35.5 Å². The first kappa shape index (κ1) is 13.1. The summed E-state index contributed by atoms with van der Waals surface area (Å²) in [5.74, 6) is 0.410. The quantitative estimate of drug-likeness (QED) is 0.813. The molecule has 1 aromatic heterocycles. The molecule has 18 heavy (non-hydrogen) atoms. The minimum atomic E-state index is -3.23. The van der Waals surface area contributed by atoms with Crippen LogP contribution in [-0.2, 0) is 15.7 Å². The second kappa shape index (κ2) is 4.74. The normalized spacial score (nSPS) is 11.7. The highest BCUT2D eigenvalue weighted by atomic mass is 35.5. The van der Waals surface area contributed by atoms with Crippen molar-refractivity contribution in [1.82, 2.24) is 9.78 Å². The smallest absolute Gasteiger partial charge is 0.178 e. The van der Waals surface area contributed by atoms with Gasteiger partial charge in [-0.15, -0.1) is 11.6 Å². The van der Waals surface area contributed by atoms with Gasteiger partial charge in [0, 0.05) is 18.3 Å². The number of sulfone groups is 1. The van der Waals surface area contributed by atoms with Crippen LogP contribution >= 0.6 is 11.6 Å². The second-order valence-electron chi connectivity index (χ2n) is 4.15. The first-order valence-electron chi connectivity index (χ1n) is 5.32. The molecule has 0 aliphatic rings. The van der Waals surface area contributed by atoms with Crippen LogP contribution in [-0.4, -0.2) is 24.5 Å². The van der Waals surface area contributed by atoms with Gasteiger partial charge in [-0.3, -0.25) is 0 Å². The molecule has 0 radical (unpaired) electrons. The number of hydrogen-bond donors (Lipinski definition) is 0. The minimum Gasteiger partial charge on any atom is -0.239 e. The van der Waals surface area contributed by atoms with Crippen LogP contribution in [0.1, 0.15) is 11.1 Å². The summed E-state index contributed by atoms with van der Waals surface area (Å²) < 4.78 is 24.4. The Morgan fingerprint density at radius 1 is 1.39 bits per heavy atom. The van der Waals surface area contributed by atoms with E-state index in [1.54, 1.807) is 4.68 Å². The summed E-state index contributed by atoms with van der Waals surface area (Å²) in [7, 11) is -3.23. The predicted octanol–water partition coefficient (Wildman–Crippen LogP) is 2.32. The fraction of sp³-hybridized carbons (Fsp3) is 0.250. The fourth-order valence-electron chi connectivity index (χ4n) is 1.61. The molecule has 0 N–H and O–H groups in total. The Bertz CT molecular complexity index is 677. The van der Waals surface area contributed by atoms with Crippen LogP contribution in [0.25, 0.3) is 5.69 Å². The zero-order valence-corrected chi connectivity index (χ0v) is 11.7. The van der Waals surface area contributed by atoms with Crippen molar-refractivity contribution in [2.24, 2.45) is 0 Å². The summed E-state index contributed by atoms with van der Waals surface area (Å²) in [6.45, 7) is 1.94. The van der Waals surface area contributed by atoms with Crippen molar-refractivity contribution >= 4 is 21.4 Å². The fourth-order valence-corrected chi connectivity index (χ4v) is 2.31. The molecule has 0 saturated carbocycles. The average Bonchev–Trinajstić information content (AvgIpc) is 2.78. The minimum absolute atomic E-state index is 0.207. The van der Waals surface area contributed by atoms with Gasteiger partial charge in [0.1, 0.15) is 4.90 Å². The van der Waals surface area contributed by atoms with Gasteiger partial charge >= 0.3 is 0 Å². The van der Waals surface area contributed by atoms with E-state index in [4.69, 9.17) is 11.6 Å². The summed E-state index contributed by atoms with van der Waals surface area (Å²) in [5.41, 5.74) is 2.81. The molecule has 96 valence electrons. The Morgan fingerprint density at radius 2 is 2.11 bits per heavy atom. The molecule has 0 atom stereocenters. The third kappa shape index (κ3) is 2.57. The van der Waals surface area contributed by atoms with Gasteiger partial charge in [0.15, 0.2) is 9.84 Å². The number of halogens is 1. The number of hydrogen-bond acceptors (Lipinski definition) is 3. The van der Waals surface area contributed by atoms with Crippen LogP contribution in [0.4, 0.5) is 0 Å². The van der Waals surface area contributed by atoms with Crippen molar-refractivity contribution in [3.05, 3.63) is 41.7 Å². The number of aromatic nitrogens is 2. The molecule has 0 unspecified atom stereocenters. The van der Waals surface area contributed by atoms with Gasteiger partial charge in [-0.25, -0.2) is 13.1 Å². The van der Waals surface area contributed by atoms with Gasteiger partial charge in [-0.05, 0) is 24.1 Å². The van der Waals surface area contributed by atoms with E-state index in [1.807, 2.05) is 25.1 Å². The Morgan fingerprint density at radius 3 is 2.67 bits per heavy atom. The van der Waals surface area contributed by atoms with Gasteiger partial charge in [-0.1, -0.05) is 12.1 Å².